The molecule has 1 saturated heterocycles. The van der Waals surface area contributed by atoms with E-state index in [9.17, 15) is 9.90 Å². The summed E-state index contributed by atoms with van der Waals surface area (Å²) in [6, 6.07) is 5.80. The van der Waals surface area contributed by atoms with Gasteiger partial charge in [-0.3, -0.25) is 4.79 Å². The summed E-state index contributed by atoms with van der Waals surface area (Å²) in [4.78, 5) is 14.4. The van der Waals surface area contributed by atoms with Gasteiger partial charge >= 0.3 is 0 Å². The van der Waals surface area contributed by atoms with Gasteiger partial charge in [-0.05, 0) is 57.8 Å². The summed E-state index contributed by atoms with van der Waals surface area (Å²) in [6.07, 6.45) is 1.88. The first-order valence-corrected chi connectivity index (χ1v) is 8.21. The molecule has 4 nitrogen and oxygen atoms in total. The van der Waals surface area contributed by atoms with Crippen LogP contribution in [0.3, 0.4) is 0 Å². The molecule has 1 atom stereocenters. The molecule has 1 aromatic carbocycles. The Kier molecular flexibility index (Phi) is 5.98. The predicted molar refractivity (Wildman–Crippen MR) is 89.1 cm³/mol. The van der Waals surface area contributed by atoms with Crippen LogP contribution in [0.15, 0.2) is 18.2 Å². The minimum absolute atomic E-state index is 0.113. The molecule has 1 fully saturated rings. The van der Waals surface area contributed by atoms with Crippen molar-refractivity contribution in [1.82, 2.24) is 10.2 Å². The zero-order valence-electron chi connectivity index (χ0n) is 13.9. The highest BCUT2D eigenvalue weighted by Gasteiger charge is 2.18. The third-order valence-corrected chi connectivity index (χ3v) is 4.33. The van der Waals surface area contributed by atoms with E-state index in [-0.39, 0.29) is 5.91 Å². The molecule has 1 unspecified atom stereocenters. The van der Waals surface area contributed by atoms with Crippen LogP contribution < -0.4 is 5.32 Å². The Labute approximate surface area is 133 Å². The third-order valence-electron chi connectivity index (χ3n) is 4.33. The molecule has 0 spiro atoms. The number of nitrogens with one attached hydrogen (secondary N) is 1. The van der Waals surface area contributed by atoms with Gasteiger partial charge in [-0.25, -0.2) is 0 Å². The second-order valence-corrected chi connectivity index (χ2v) is 6.72. The second-order valence-electron chi connectivity index (χ2n) is 6.72. The largest absolute Gasteiger partial charge is 0.390 e. The molecular formula is C18H28N2O2. The first-order chi connectivity index (χ1) is 10.4. The van der Waals surface area contributed by atoms with Gasteiger partial charge in [0.15, 0.2) is 0 Å². The number of likely N-dealkylation sites (tertiary alicyclic amines) is 1. The number of aliphatic hydroxyl groups excluding tert-OH is 1. The van der Waals surface area contributed by atoms with Gasteiger partial charge in [0, 0.05) is 18.7 Å². The maximum absolute atomic E-state index is 12.2. The number of carbonyl (C=O) groups is 1. The number of aliphatic hydroxyl groups is 1. The van der Waals surface area contributed by atoms with Gasteiger partial charge in [-0.1, -0.05) is 24.1 Å². The van der Waals surface area contributed by atoms with Crippen LogP contribution in [0.4, 0.5) is 0 Å². The van der Waals surface area contributed by atoms with Crippen molar-refractivity contribution < 1.29 is 9.90 Å². The molecule has 22 heavy (non-hydrogen) atoms. The van der Waals surface area contributed by atoms with Crippen LogP contribution in [0.2, 0.25) is 0 Å². The van der Waals surface area contributed by atoms with Crippen LogP contribution in [-0.2, 0) is 0 Å². The maximum atomic E-state index is 12.2. The quantitative estimate of drug-likeness (QED) is 0.876. The Morgan fingerprint density at radius 3 is 2.45 bits per heavy atom. The topological polar surface area (TPSA) is 52.6 Å². The van der Waals surface area contributed by atoms with E-state index in [1.54, 1.807) is 0 Å². The van der Waals surface area contributed by atoms with Crippen LogP contribution in [-0.4, -0.2) is 48.2 Å². The average molecular weight is 304 g/mol. The van der Waals surface area contributed by atoms with Crippen molar-refractivity contribution in [2.24, 2.45) is 5.92 Å². The highest BCUT2D eigenvalue weighted by Crippen LogP contribution is 2.15. The van der Waals surface area contributed by atoms with Crippen molar-refractivity contribution >= 4 is 5.91 Å². The fourth-order valence-corrected chi connectivity index (χ4v) is 3.03. The lowest BCUT2D eigenvalue weighted by molar-refractivity contribution is 0.0795. The van der Waals surface area contributed by atoms with Gasteiger partial charge in [-0.2, -0.15) is 0 Å². The number of hydrogen-bond acceptors (Lipinski definition) is 3. The normalized spacial score (nSPS) is 18.2. The highest BCUT2D eigenvalue weighted by atomic mass is 16.3. The van der Waals surface area contributed by atoms with E-state index < -0.39 is 6.10 Å². The van der Waals surface area contributed by atoms with E-state index in [1.807, 2.05) is 32.0 Å². The minimum Gasteiger partial charge on any atom is -0.390 e. The van der Waals surface area contributed by atoms with Crippen LogP contribution >= 0.6 is 0 Å². The lowest BCUT2D eigenvalue weighted by Crippen LogP contribution is -2.43. The number of β-amino-alcohol motifs (C(OH)–C–C–N with tert-alkyl or cyclic N) is 1. The van der Waals surface area contributed by atoms with Crippen LogP contribution in [0.25, 0.3) is 0 Å². The van der Waals surface area contributed by atoms with Crippen LogP contribution in [0.1, 0.15) is 41.3 Å². The molecule has 1 heterocycles. The summed E-state index contributed by atoms with van der Waals surface area (Å²) in [5.41, 5.74) is 2.82. The zero-order valence-corrected chi connectivity index (χ0v) is 13.9. The van der Waals surface area contributed by atoms with Crippen molar-refractivity contribution in [3.05, 3.63) is 34.9 Å². The number of piperidine rings is 1. The lowest BCUT2D eigenvalue weighted by atomic mass is 9.99. The number of aryl methyl sites for hydroxylation is 2. The van der Waals surface area contributed by atoms with E-state index in [4.69, 9.17) is 0 Å². The van der Waals surface area contributed by atoms with Gasteiger partial charge < -0.3 is 15.3 Å². The number of benzene rings is 1. The number of amides is 1. The summed E-state index contributed by atoms with van der Waals surface area (Å²) in [6.45, 7) is 9.27. The molecule has 0 saturated carbocycles. The van der Waals surface area contributed by atoms with Gasteiger partial charge in [-0.15, -0.1) is 0 Å². The molecule has 2 N–H and O–H groups in total. The summed E-state index contributed by atoms with van der Waals surface area (Å²) in [5, 5.41) is 13.0. The van der Waals surface area contributed by atoms with Crippen LogP contribution in [0.5, 0.6) is 0 Å². The molecule has 0 bridgehead atoms. The van der Waals surface area contributed by atoms with Gasteiger partial charge in [0.05, 0.1) is 6.10 Å². The fourth-order valence-electron chi connectivity index (χ4n) is 3.03. The Morgan fingerprint density at radius 1 is 1.27 bits per heavy atom. The molecule has 0 radical (unpaired) electrons. The average Bonchev–Trinajstić information content (AvgIpc) is 2.46. The first kappa shape index (κ1) is 17.0. The SMILES string of the molecule is Cc1cc(C)cc(C(=O)NCC(O)CN2CCC(C)CC2)c1. The molecule has 1 aliphatic heterocycles. The summed E-state index contributed by atoms with van der Waals surface area (Å²) < 4.78 is 0. The molecule has 122 valence electrons. The van der Waals surface area contributed by atoms with Gasteiger partial charge in [0.25, 0.3) is 5.91 Å². The Morgan fingerprint density at radius 2 is 1.86 bits per heavy atom. The fraction of sp³-hybridized carbons (Fsp3) is 0.611. The van der Waals surface area contributed by atoms with Crippen molar-refractivity contribution in [3.63, 3.8) is 0 Å². The smallest absolute Gasteiger partial charge is 0.251 e. The highest BCUT2D eigenvalue weighted by molar-refractivity contribution is 5.94. The van der Waals surface area contributed by atoms with Crippen molar-refractivity contribution in [2.75, 3.05) is 26.2 Å². The number of hydrogen-bond donors (Lipinski definition) is 2. The third kappa shape index (κ3) is 5.11. The number of nitrogens with zero attached hydrogens (tertiary/aromatic N) is 1. The minimum atomic E-state index is -0.511. The van der Waals surface area contributed by atoms with E-state index >= 15 is 0 Å². The number of rotatable bonds is 5. The monoisotopic (exact) mass is 304 g/mol. The standard InChI is InChI=1S/C18H28N2O2/c1-13-4-6-20(7-5-13)12-17(21)11-19-18(22)16-9-14(2)8-15(3)10-16/h8-10,13,17,21H,4-7,11-12H2,1-3H3,(H,19,22). The van der Waals surface area contributed by atoms with Crippen molar-refractivity contribution in [1.29, 1.82) is 0 Å². The van der Waals surface area contributed by atoms with Gasteiger partial charge in [0.2, 0.25) is 0 Å². The van der Waals surface area contributed by atoms with E-state index in [2.05, 4.69) is 17.1 Å². The zero-order chi connectivity index (χ0) is 16.1. The molecular weight excluding hydrogens is 276 g/mol. The summed E-state index contributed by atoms with van der Waals surface area (Å²) in [5.74, 6) is 0.677. The Hall–Kier alpha value is -1.39. The predicted octanol–water partition coefficient (Wildman–Crippen LogP) is 2.13. The van der Waals surface area contributed by atoms with Crippen molar-refractivity contribution in [3.8, 4) is 0 Å². The second kappa shape index (κ2) is 7.75. The summed E-state index contributed by atoms with van der Waals surface area (Å²) in [7, 11) is 0. The molecule has 1 amide bonds. The van der Waals surface area contributed by atoms with Crippen LogP contribution in [0, 0.1) is 19.8 Å². The van der Waals surface area contributed by atoms with E-state index in [0.29, 0.717) is 18.7 Å². The van der Waals surface area contributed by atoms with E-state index in [1.165, 1.54) is 12.8 Å². The molecule has 1 aromatic rings. The maximum Gasteiger partial charge on any atom is 0.251 e. The lowest BCUT2D eigenvalue weighted by Gasteiger charge is -2.31. The Bertz CT molecular complexity index is 488. The Balaban J connectivity index is 1.78. The van der Waals surface area contributed by atoms with E-state index in [0.717, 1.165) is 30.1 Å². The van der Waals surface area contributed by atoms with Crippen molar-refractivity contribution in [2.45, 2.75) is 39.7 Å². The molecule has 0 aromatic heterocycles. The molecule has 1 aliphatic rings. The number of carbonyl (C=O) groups excluding carboxylic acids is 1. The van der Waals surface area contributed by atoms with Gasteiger partial charge in [0.1, 0.15) is 0 Å². The first-order valence-electron chi connectivity index (χ1n) is 8.21. The molecule has 0 aliphatic carbocycles. The molecule has 4 heteroatoms. The molecule has 2 rings (SSSR count). The summed E-state index contributed by atoms with van der Waals surface area (Å²) >= 11 is 0.